The van der Waals surface area contributed by atoms with E-state index in [4.69, 9.17) is 0 Å². The fourth-order valence-corrected chi connectivity index (χ4v) is 0.682. The van der Waals surface area contributed by atoms with Crippen molar-refractivity contribution in [3.63, 3.8) is 0 Å². The first kappa shape index (κ1) is 7.37. The molecule has 2 N–H and O–H groups in total. The number of ketones is 1. The van der Waals surface area contributed by atoms with Crippen LogP contribution in [-0.2, 0) is 4.79 Å². The molecule has 1 aliphatic rings. The summed E-state index contributed by atoms with van der Waals surface area (Å²) in [4.78, 5) is 10.5. The van der Waals surface area contributed by atoms with Gasteiger partial charge >= 0.3 is 0 Å². The van der Waals surface area contributed by atoms with Crippen molar-refractivity contribution in [3.05, 3.63) is 12.2 Å². The van der Waals surface area contributed by atoms with Gasteiger partial charge in [0.15, 0.2) is 0 Å². The van der Waals surface area contributed by atoms with Crippen LogP contribution in [0.1, 0.15) is 13.3 Å². The highest BCUT2D eigenvalue weighted by molar-refractivity contribution is 5.86. The summed E-state index contributed by atoms with van der Waals surface area (Å²) >= 11 is 0. The molecule has 0 aromatic carbocycles. The Morgan fingerprint density at radius 3 is 2.50 bits per heavy atom. The van der Waals surface area contributed by atoms with Gasteiger partial charge in [0.25, 0.3) is 0 Å². The average molecular weight is 114 g/mol. The van der Waals surface area contributed by atoms with Crippen molar-refractivity contribution in [2.45, 2.75) is 13.3 Å². The van der Waals surface area contributed by atoms with Crippen LogP contribution >= 0.6 is 0 Å². The maximum Gasteiger partial charge on any atom is 0.143 e. The number of hydrogen-bond acceptors (Lipinski definition) is 1. The summed E-state index contributed by atoms with van der Waals surface area (Å²) in [6.07, 6.45) is 4.52. The molecule has 0 aromatic heterocycles. The first-order chi connectivity index (χ1) is 3.30. The van der Waals surface area contributed by atoms with Crippen LogP contribution in [0.4, 0.5) is 0 Å². The van der Waals surface area contributed by atoms with Gasteiger partial charge in [-0.2, -0.15) is 0 Å². The van der Waals surface area contributed by atoms with E-state index in [1.54, 1.807) is 0 Å². The zero-order valence-electron chi connectivity index (χ0n) is 4.85. The molecular weight excluding hydrogens is 104 g/mol. The molecule has 0 saturated heterocycles. The Labute approximate surface area is 48.5 Å². The second-order valence-corrected chi connectivity index (χ2v) is 1.89. The highest BCUT2D eigenvalue weighted by Gasteiger charge is 2.11. The minimum Gasteiger partial charge on any atom is -0.412 e. The van der Waals surface area contributed by atoms with Crippen LogP contribution in [-0.4, -0.2) is 11.3 Å². The fourth-order valence-electron chi connectivity index (χ4n) is 0.682. The Morgan fingerprint density at radius 1 is 1.75 bits per heavy atom. The number of carbonyl (C=O) groups is 1. The molecule has 1 atom stereocenters. The maximum atomic E-state index is 10.5. The molecule has 2 heteroatoms. The molecule has 46 valence electrons. The van der Waals surface area contributed by atoms with Crippen molar-refractivity contribution in [1.82, 2.24) is 0 Å². The molecule has 0 aromatic rings. The zero-order chi connectivity index (χ0) is 5.28. The minimum absolute atomic E-state index is 0. The van der Waals surface area contributed by atoms with E-state index in [2.05, 4.69) is 0 Å². The lowest BCUT2D eigenvalue weighted by molar-refractivity contribution is -0.119. The van der Waals surface area contributed by atoms with Gasteiger partial charge in [-0.05, 0) is 0 Å². The van der Waals surface area contributed by atoms with E-state index in [1.807, 2.05) is 19.1 Å². The SMILES string of the molecule is CC1C=CCC1=O.O. The molecule has 0 saturated carbocycles. The molecule has 0 amide bonds. The van der Waals surface area contributed by atoms with Crippen LogP contribution < -0.4 is 0 Å². The molecule has 0 radical (unpaired) electrons. The lowest BCUT2D eigenvalue weighted by Crippen LogP contribution is -1.99. The summed E-state index contributed by atoms with van der Waals surface area (Å²) in [5, 5.41) is 0. The second-order valence-electron chi connectivity index (χ2n) is 1.89. The summed E-state index contributed by atoms with van der Waals surface area (Å²) in [6, 6.07) is 0. The summed E-state index contributed by atoms with van der Waals surface area (Å²) in [6.45, 7) is 1.92. The topological polar surface area (TPSA) is 48.6 Å². The molecule has 8 heavy (non-hydrogen) atoms. The van der Waals surface area contributed by atoms with Crippen LogP contribution in [0, 0.1) is 5.92 Å². The van der Waals surface area contributed by atoms with Gasteiger partial charge in [0.2, 0.25) is 0 Å². The summed E-state index contributed by atoms with van der Waals surface area (Å²) in [5.41, 5.74) is 0. The lowest BCUT2D eigenvalue weighted by atomic mass is 10.1. The summed E-state index contributed by atoms with van der Waals surface area (Å²) < 4.78 is 0. The zero-order valence-corrected chi connectivity index (χ0v) is 4.85. The fraction of sp³-hybridized carbons (Fsp3) is 0.500. The predicted molar refractivity (Wildman–Crippen MR) is 31.5 cm³/mol. The Balaban J connectivity index is 0.000000490. The standard InChI is InChI=1S/C6H8O.H2O/c1-5-3-2-4-6(5)7;/h2-3,5H,4H2,1H3;1H2. The van der Waals surface area contributed by atoms with Crippen LogP contribution in [0.25, 0.3) is 0 Å². The third kappa shape index (κ3) is 1.17. The first-order valence-corrected chi connectivity index (χ1v) is 2.50. The van der Waals surface area contributed by atoms with Crippen LogP contribution in [0.5, 0.6) is 0 Å². The van der Waals surface area contributed by atoms with Crippen molar-refractivity contribution in [2.24, 2.45) is 5.92 Å². The molecule has 1 rings (SSSR count). The van der Waals surface area contributed by atoms with E-state index in [9.17, 15) is 4.79 Å². The summed E-state index contributed by atoms with van der Waals surface area (Å²) in [5.74, 6) is 0.542. The van der Waals surface area contributed by atoms with E-state index in [-0.39, 0.29) is 11.4 Å². The van der Waals surface area contributed by atoms with E-state index in [1.165, 1.54) is 0 Å². The van der Waals surface area contributed by atoms with Crippen molar-refractivity contribution in [3.8, 4) is 0 Å². The third-order valence-corrected chi connectivity index (χ3v) is 1.25. The van der Waals surface area contributed by atoms with E-state index >= 15 is 0 Å². The highest BCUT2D eigenvalue weighted by atomic mass is 16.1. The van der Waals surface area contributed by atoms with E-state index in [0.717, 1.165) is 0 Å². The van der Waals surface area contributed by atoms with Gasteiger partial charge in [-0.25, -0.2) is 0 Å². The number of allylic oxidation sites excluding steroid dienone is 2. The van der Waals surface area contributed by atoms with Crippen molar-refractivity contribution < 1.29 is 10.3 Å². The van der Waals surface area contributed by atoms with Crippen molar-refractivity contribution >= 4 is 5.78 Å². The molecule has 0 fully saturated rings. The molecule has 0 aliphatic heterocycles. The van der Waals surface area contributed by atoms with Gasteiger partial charge in [-0.15, -0.1) is 0 Å². The molecule has 0 spiro atoms. The lowest BCUT2D eigenvalue weighted by Gasteiger charge is -1.89. The number of Topliss-reactive ketones (excluding diaryl/α,β-unsaturated/α-hetero) is 1. The third-order valence-electron chi connectivity index (χ3n) is 1.25. The van der Waals surface area contributed by atoms with Gasteiger partial charge in [-0.3, -0.25) is 4.79 Å². The molecule has 0 heterocycles. The van der Waals surface area contributed by atoms with Crippen LogP contribution in [0.15, 0.2) is 12.2 Å². The normalized spacial score (nSPS) is 25.6. The molecular formula is C6H10O2. The monoisotopic (exact) mass is 114 g/mol. The quantitative estimate of drug-likeness (QED) is 0.418. The van der Waals surface area contributed by atoms with Gasteiger partial charge in [-0.1, -0.05) is 19.1 Å². The summed E-state index contributed by atoms with van der Waals surface area (Å²) in [7, 11) is 0. The number of rotatable bonds is 0. The van der Waals surface area contributed by atoms with E-state index < -0.39 is 0 Å². The van der Waals surface area contributed by atoms with Crippen LogP contribution in [0.2, 0.25) is 0 Å². The highest BCUT2D eigenvalue weighted by Crippen LogP contribution is 2.10. The van der Waals surface area contributed by atoms with Crippen molar-refractivity contribution in [2.75, 3.05) is 0 Å². The minimum atomic E-state index is 0. The van der Waals surface area contributed by atoms with Gasteiger partial charge in [0.1, 0.15) is 5.78 Å². The van der Waals surface area contributed by atoms with E-state index in [0.29, 0.717) is 12.2 Å². The Bertz CT molecular complexity index is 116. The predicted octanol–water partition coefficient (Wildman–Crippen LogP) is 0.327. The molecule has 2 nitrogen and oxygen atoms in total. The Hall–Kier alpha value is -0.630. The average Bonchev–Trinajstić information content (AvgIpc) is 1.91. The van der Waals surface area contributed by atoms with Gasteiger partial charge in [0, 0.05) is 12.3 Å². The Morgan fingerprint density at radius 2 is 2.38 bits per heavy atom. The van der Waals surface area contributed by atoms with Crippen LogP contribution in [0.3, 0.4) is 0 Å². The largest absolute Gasteiger partial charge is 0.412 e. The second kappa shape index (κ2) is 2.62. The molecule has 0 bridgehead atoms. The van der Waals surface area contributed by atoms with Gasteiger partial charge in [0.05, 0.1) is 0 Å². The maximum absolute atomic E-state index is 10.5. The van der Waals surface area contributed by atoms with Crippen molar-refractivity contribution in [1.29, 1.82) is 0 Å². The number of hydrogen-bond donors (Lipinski definition) is 0. The molecule has 1 aliphatic carbocycles. The Kier molecular flexibility index (Phi) is 2.42. The molecule has 1 unspecified atom stereocenters. The smallest absolute Gasteiger partial charge is 0.143 e. The van der Waals surface area contributed by atoms with Gasteiger partial charge < -0.3 is 5.48 Å². The first-order valence-electron chi connectivity index (χ1n) is 2.50. The number of carbonyl (C=O) groups excluding carboxylic acids is 1.